The van der Waals surface area contributed by atoms with E-state index in [1.807, 2.05) is 54.6 Å². The van der Waals surface area contributed by atoms with Gasteiger partial charge in [0, 0.05) is 10.2 Å². The Morgan fingerprint density at radius 2 is 1.81 bits per heavy atom. The van der Waals surface area contributed by atoms with E-state index >= 15 is 0 Å². The molecule has 5 heteroatoms. The maximum absolute atomic E-state index is 11.9. The van der Waals surface area contributed by atoms with Crippen LogP contribution in [0.3, 0.4) is 0 Å². The largest absolute Gasteiger partial charge is 0.374 e. The van der Waals surface area contributed by atoms with E-state index in [2.05, 4.69) is 31.8 Å². The standard InChI is InChI=1S/C16H16BrN3O/c1-12(19-15-5-3-2-4-6-15)16(21)20-18-11-13-7-9-14(17)10-8-13/h2-12,19H,1H3,(H,20,21)/b18-11-. The van der Waals surface area contributed by atoms with Crippen molar-refractivity contribution in [2.45, 2.75) is 13.0 Å². The van der Waals surface area contributed by atoms with Crippen LogP contribution in [0.5, 0.6) is 0 Å². The van der Waals surface area contributed by atoms with Gasteiger partial charge in [-0.3, -0.25) is 4.79 Å². The van der Waals surface area contributed by atoms with E-state index in [0.717, 1.165) is 15.7 Å². The Hall–Kier alpha value is -2.14. The lowest BCUT2D eigenvalue weighted by atomic mass is 10.2. The lowest BCUT2D eigenvalue weighted by Gasteiger charge is -2.13. The van der Waals surface area contributed by atoms with Crippen LogP contribution < -0.4 is 10.7 Å². The molecule has 0 saturated heterocycles. The molecule has 21 heavy (non-hydrogen) atoms. The second-order valence-corrected chi connectivity index (χ2v) is 5.43. The van der Waals surface area contributed by atoms with Crippen molar-refractivity contribution in [1.29, 1.82) is 0 Å². The van der Waals surface area contributed by atoms with Gasteiger partial charge in [0.2, 0.25) is 0 Å². The third kappa shape index (κ3) is 5.04. The Balaban J connectivity index is 1.85. The van der Waals surface area contributed by atoms with Gasteiger partial charge in [-0.25, -0.2) is 5.43 Å². The molecule has 108 valence electrons. The van der Waals surface area contributed by atoms with Crippen molar-refractivity contribution in [3.8, 4) is 0 Å². The van der Waals surface area contributed by atoms with Gasteiger partial charge in [0.1, 0.15) is 6.04 Å². The summed E-state index contributed by atoms with van der Waals surface area (Å²) in [7, 11) is 0. The fourth-order valence-corrected chi connectivity index (χ4v) is 1.93. The van der Waals surface area contributed by atoms with Crippen molar-refractivity contribution >= 4 is 33.7 Å². The summed E-state index contributed by atoms with van der Waals surface area (Å²) in [5, 5.41) is 7.06. The van der Waals surface area contributed by atoms with Gasteiger partial charge in [0.05, 0.1) is 6.21 Å². The highest BCUT2D eigenvalue weighted by Gasteiger charge is 2.10. The van der Waals surface area contributed by atoms with Crippen LogP contribution in [-0.2, 0) is 4.79 Å². The van der Waals surface area contributed by atoms with Crippen LogP contribution in [0.1, 0.15) is 12.5 Å². The van der Waals surface area contributed by atoms with Gasteiger partial charge in [-0.1, -0.05) is 46.3 Å². The highest BCUT2D eigenvalue weighted by molar-refractivity contribution is 9.10. The number of anilines is 1. The van der Waals surface area contributed by atoms with Crippen molar-refractivity contribution in [3.63, 3.8) is 0 Å². The molecule has 1 atom stereocenters. The highest BCUT2D eigenvalue weighted by atomic mass is 79.9. The molecule has 1 unspecified atom stereocenters. The number of carbonyl (C=O) groups is 1. The topological polar surface area (TPSA) is 53.5 Å². The molecular formula is C16H16BrN3O. The number of benzene rings is 2. The maximum Gasteiger partial charge on any atom is 0.262 e. The third-order valence-electron chi connectivity index (χ3n) is 2.81. The van der Waals surface area contributed by atoms with E-state index in [0.29, 0.717) is 0 Å². The number of hydrogen-bond donors (Lipinski definition) is 2. The Kier molecular flexibility index (Phi) is 5.51. The van der Waals surface area contributed by atoms with Gasteiger partial charge in [-0.05, 0) is 36.8 Å². The molecule has 2 aromatic carbocycles. The lowest BCUT2D eigenvalue weighted by Crippen LogP contribution is -2.34. The summed E-state index contributed by atoms with van der Waals surface area (Å²) in [4.78, 5) is 11.9. The minimum absolute atomic E-state index is 0.188. The number of rotatable bonds is 5. The molecule has 2 rings (SSSR count). The van der Waals surface area contributed by atoms with E-state index in [1.54, 1.807) is 13.1 Å². The fourth-order valence-electron chi connectivity index (χ4n) is 1.67. The average Bonchev–Trinajstić information content (AvgIpc) is 2.50. The maximum atomic E-state index is 11.9. The predicted molar refractivity (Wildman–Crippen MR) is 89.4 cm³/mol. The molecule has 0 radical (unpaired) electrons. The zero-order chi connectivity index (χ0) is 15.1. The smallest absolute Gasteiger partial charge is 0.262 e. The molecule has 4 nitrogen and oxygen atoms in total. The normalized spacial score (nSPS) is 12.1. The molecule has 2 aromatic rings. The number of nitrogens with zero attached hydrogens (tertiary/aromatic N) is 1. The fraction of sp³-hybridized carbons (Fsp3) is 0.125. The second kappa shape index (κ2) is 7.59. The lowest BCUT2D eigenvalue weighted by molar-refractivity contribution is -0.121. The van der Waals surface area contributed by atoms with E-state index in [4.69, 9.17) is 0 Å². The summed E-state index contributed by atoms with van der Waals surface area (Å²) in [6, 6.07) is 16.9. The zero-order valence-corrected chi connectivity index (χ0v) is 13.2. The molecule has 0 bridgehead atoms. The first-order valence-electron chi connectivity index (χ1n) is 6.55. The van der Waals surface area contributed by atoms with E-state index in [-0.39, 0.29) is 11.9 Å². The quantitative estimate of drug-likeness (QED) is 0.644. The van der Waals surface area contributed by atoms with Gasteiger partial charge >= 0.3 is 0 Å². The SMILES string of the molecule is CC(Nc1ccccc1)C(=O)N/N=C\c1ccc(Br)cc1. The summed E-state index contributed by atoms with van der Waals surface area (Å²) < 4.78 is 1.00. The van der Waals surface area contributed by atoms with Gasteiger partial charge in [-0.15, -0.1) is 0 Å². The number of halogens is 1. The van der Waals surface area contributed by atoms with Gasteiger partial charge < -0.3 is 5.32 Å². The Morgan fingerprint density at radius 3 is 2.48 bits per heavy atom. The number of hydrogen-bond acceptors (Lipinski definition) is 3. The van der Waals surface area contributed by atoms with Gasteiger partial charge in [-0.2, -0.15) is 5.10 Å². The molecular weight excluding hydrogens is 330 g/mol. The van der Waals surface area contributed by atoms with Crippen molar-refractivity contribution in [2.24, 2.45) is 5.10 Å². The first-order chi connectivity index (χ1) is 10.1. The number of hydrazone groups is 1. The molecule has 0 aliphatic carbocycles. The highest BCUT2D eigenvalue weighted by Crippen LogP contribution is 2.09. The van der Waals surface area contributed by atoms with Crippen molar-refractivity contribution in [3.05, 3.63) is 64.6 Å². The molecule has 0 heterocycles. The first kappa shape index (κ1) is 15.3. The summed E-state index contributed by atoms with van der Waals surface area (Å²) in [6.45, 7) is 1.79. The molecule has 1 amide bonds. The molecule has 2 N–H and O–H groups in total. The van der Waals surface area contributed by atoms with Crippen molar-refractivity contribution < 1.29 is 4.79 Å². The summed E-state index contributed by atoms with van der Waals surface area (Å²) in [5.74, 6) is -0.188. The summed E-state index contributed by atoms with van der Waals surface area (Å²) in [5.41, 5.74) is 4.34. The van der Waals surface area contributed by atoms with Crippen LogP contribution >= 0.6 is 15.9 Å². The molecule has 0 saturated carbocycles. The van der Waals surface area contributed by atoms with E-state index in [1.165, 1.54) is 0 Å². The van der Waals surface area contributed by atoms with Gasteiger partial charge in [0.25, 0.3) is 5.91 Å². The third-order valence-corrected chi connectivity index (χ3v) is 3.34. The minimum atomic E-state index is -0.366. The van der Waals surface area contributed by atoms with Crippen LogP contribution in [0, 0.1) is 0 Å². The van der Waals surface area contributed by atoms with Crippen LogP contribution in [0.15, 0.2) is 64.2 Å². The molecule has 0 aliphatic heterocycles. The number of amides is 1. The minimum Gasteiger partial charge on any atom is -0.374 e. The van der Waals surface area contributed by atoms with Crippen LogP contribution in [0.25, 0.3) is 0 Å². The first-order valence-corrected chi connectivity index (χ1v) is 7.34. The Morgan fingerprint density at radius 1 is 1.14 bits per heavy atom. The van der Waals surface area contributed by atoms with Crippen LogP contribution in [-0.4, -0.2) is 18.2 Å². The second-order valence-electron chi connectivity index (χ2n) is 4.52. The summed E-state index contributed by atoms with van der Waals surface area (Å²) in [6.07, 6.45) is 1.61. The van der Waals surface area contributed by atoms with Crippen LogP contribution in [0.2, 0.25) is 0 Å². The van der Waals surface area contributed by atoms with E-state index < -0.39 is 0 Å². The van der Waals surface area contributed by atoms with Gasteiger partial charge in [0.15, 0.2) is 0 Å². The average molecular weight is 346 g/mol. The number of nitrogens with one attached hydrogen (secondary N) is 2. The predicted octanol–water partition coefficient (Wildman–Crippen LogP) is 3.40. The zero-order valence-electron chi connectivity index (χ0n) is 11.6. The Labute approximate surface area is 132 Å². The number of para-hydroxylation sites is 1. The number of carbonyl (C=O) groups excluding carboxylic acids is 1. The summed E-state index contributed by atoms with van der Waals surface area (Å²) >= 11 is 3.36. The Bertz CT molecular complexity index is 611. The van der Waals surface area contributed by atoms with Crippen LogP contribution in [0.4, 0.5) is 5.69 Å². The molecule has 0 spiro atoms. The monoisotopic (exact) mass is 345 g/mol. The molecule has 0 aromatic heterocycles. The van der Waals surface area contributed by atoms with Crippen molar-refractivity contribution in [1.82, 2.24) is 5.43 Å². The molecule has 0 fully saturated rings. The molecule has 0 aliphatic rings. The van der Waals surface area contributed by atoms with Crippen molar-refractivity contribution in [2.75, 3.05) is 5.32 Å². The van der Waals surface area contributed by atoms with E-state index in [9.17, 15) is 4.79 Å².